The van der Waals surface area contributed by atoms with Gasteiger partial charge >= 0.3 is 0 Å². The first-order valence-corrected chi connectivity index (χ1v) is 5.34. The van der Waals surface area contributed by atoms with Gasteiger partial charge in [0.25, 0.3) is 0 Å². The van der Waals surface area contributed by atoms with Crippen molar-refractivity contribution in [3.8, 4) is 5.75 Å². The number of hydrogen-bond acceptors (Lipinski definition) is 1. The van der Waals surface area contributed by atoms with Gasteiger partial charge in [-0.3, -0.25) is 0 Å². The summed E-state index contributed by atoms with van der Waals surface area (Å²) < 4.78 is 6.47. The fourth-order valence-corrected chi connectivity index (χ4v) is 1.58. The second-order valence-corrected chi connectivity index (χ2v) is 4.60. The van der Waals surface area contributed by atoms with Gasteiger partial charge in [0, 0.05) is 4.47 Å². The highest BCUT2D eigenvalue weighted by Gasteiger charge is 2.02. The van der Waals surface area contributed by atoms with E-state index in [4.69, 9.17) is 16.3 Å². The van der Waals surface area contributed by atoms with Gasteiger partial charge in [-0.25, -0.2) is 0 Å². The number of ether oxygens (including phenoxy) is 1. The van der Waals surface area contributed by atoms with E-state index in [1.807, 2.05) is 18.2 Å². The lowest BCUT2D eigenvalue weighted by atomic mass is 10.2. The molecule has 0 bridgehead atoms. The zero-order valence-corrected chi connectivity index (χ0v) is 10.0. The Labute approximate surface area is 92.2 Å². The van der Waals surface area contributed by atoms with Crippen molar-refractivity contribution in [2.45, 2.75) is 13.8 Å². The van der Waals surface area contributed by atoms with Crippen LogP contribution >= 0.6 is 27.5 Å². The summed E-state index contributed by atoms with van der Waals surface area (Å²) in [6, 6.07) is 5.62. The summed E-state index contributed by atoms with van der Waals surface area (Å²) >= 11 is 9.29. The van der Waals surface area contributed by atoms with Crippen molar-refractivity contribution in [1.82, 2.24) is 0 Å². The maximum Gasteiger partial charge on any atom is 0.137 e. The Balaban J connectivity index is 2.67. The van der Waals surface area contributed by atoms with E-state index in [9.17, 15) is 0 Å². The summed E-state index contributed by atoms with van der Waals surface area (Å²) in [4.78, 5) is 0. The largest absolute Gasteiger partial charge is 0.492 e. The highest BCUT2D eigenvalue weighted by Crippen LogP contribution is 2.27. The van der Waals surface area contributed by atoms with Crippen LogP contribution in [0.25, 0.3) is 0 Å². The monoisotopic (exact) mass is 262 g/mol. The van der Waals surface area contributed by atoms with Crippen LogP contribution in [0.4, 0.5) is 0 Å². The van der Waals surface area contributed by atoms with Gasteiger partial charge in [0.05, 0.1) is 11.6 Å². The Morgan fingerprint density at radius 2 is 2.15 bits per heavy atom. The van der Waals surface area contributed by atoms with Crippen LogP contribution in [0, 0.1) is 5.92 Å². The Bertz CT molecular complexity index is 286. The molecule has 0 saturated heterocycles. The van der Waals surface area contributed by atoms with E-state index in [0.717, 1.165) is 10.2 Å². The molecule has 0 atom stereocenters. The lowest BCUT2D eigenvalue weighted by Gasteiger charge is -2.09. The molecule has 0 heterocycles. The Hall–Kier alpha value is -0.210. The molecule has 72 valence electrons. The summed E-state index contributed by atoms with van der Waals surface area (Å²) in [7, 11) is 0. The first-order valence-electron chi connectivity index (χ1n) is 4.17. The maximum atomic E-state index is 5.96. The average Bonchev–Trinajstić information content (AvgIpc) is 2.02. The molecule has 0 aliphatic carbocycles. The molecule has 0 aromatic heterocycles. The van der Waals surface area contributed by atoms with Gasteiger partial charge in [0.2, 0.25) is 0 Å². The first-order chi connectivity index (χ1) is 6.09. The van der Waals surface area contributed by atoms with Crippen LogP contribution in [0.5, 0.6) is 5.75 Å². The molecule has 13 heavy (non-hydrogen) atoms. The van der Waals surface area contributed by atoms with E-state index in [-0.39, 0.29) is 0 Å². The fraction of sp³-hybridized carbons (Fsp3) is 0.400. The van der Waals surface area contributed by atoms with Gasteiger partial charge < -0.3 is 4.74 Å². The van der Waals surface area contributed by atoms with E-state index in [1.54, 1.807) is 0 Å². The van der Waals surface area contributed by atoms with Crippen LogP contribution in [0.2, 0.25) is 5.02 Å². The van der Waals surface area contributed by atoms with Gasteiger partial charge in [-0.15, -0.1) is 0 Å². The van der Waals surface area contributed by atoms with E-state index in [1.165, 1.54) is 0 Å². The molecule has 0 radical (unpaired) electrons. The highest BCUT2D eigenvalue weighted by atomic mass is 79.9. The van der Waals surface area contributed by atoms with E-state index in [0.29, 0.717) is 17.5 Å². The van der Waals surface area contributed by atoms with E-state index < -0.39 is 0 Å². The molecule has 0 fully saturated rings. The number of rotatable bonds is 3. The predicted molar refractivity (Wildman–Crippen MR) is 59.5 cm³/mol. The minimum atomic E-state index is 0.514. The molecule has 1 nitrogen and oxygen atoms in total. The van der Waals surface area contributed by atoms with Crippen molar-refractivity contribution in [2.24, 2.45) is 5.92 Å². The minimum absolute atomic E-state index is 0.514. The van der Waals surface area contributed by atoms with Crippen LogP contribution in [-0.2, 0) is 0 Å². The van der Waals surface area contributed by atoms with E-state index >= 15 is 0 Å². The van der Waals surface area contributed by atoms with Crippen LogP contribution in [0.3, 0.4) is 0 Å². The molecule has 0 N–H and O–H groups in total. The Kier molecular flexibility index (Phi) is 4.07. The van der Waals surface area contributed by atoms with Crippen LogP contribution in [-0.4, -0.2) is 6.61 Å². The number of benzene rings is 1. The van der Waals surface area contributed by atoms with Crippen LogP contribution < -0.4 is 4.74 Å². The molecule has 0 saturated carbocycles. The summed E-state index contributed by atoms with van der Waals surface area (Å²) in [5, 5.41) is 0.648. The predicted octanol–water partition coefficient (Wildman–Crippen LogP) is 4.14. The molecule has 0 amide bonds. The highest BCUT2D eigenvalue weighted by molar-refractivity contribution is 9.10. The normalized spacial score (nSPS) is 10.5. The summed E-state index contributed by atoms with van der Waals surface area (Å²) in [6.07, 6.45) is 0. The Morgan fingerprint density at radius 1 is 1.46 bits per heavy atom. The van der Waals surface area contributed by atoms with Crippen LogP contribution in [0.15, 0.2) is 22.7 Å². The van der Waals surface area contributed by atoms with Crippen molar-refractivity contribution < 1.29 is 4.74 Å². The molecular weight excluding hydrogens is 251 g/mol. The zero-order chi connectivity index (χ0) is 9.84. The lowest BCUT2D eigenvalue weighted by molar-refractivity contribution is 0.271. The lowest BCUT2D eigenvalue weighted by Crippen LogP contribution is -2.04. The second kappa shape index (κ2) is 4.87. The third kappa shape index (κ3) is 3.57. The second-order valence-electron chi connectivity index (χ2n) is 3.28. The molecule has 1 aromatic carbocycles. The van der Waals surface area contributed by atoms with Gasteiger partial charge in [0.15, 0.2) is 0 Å². The molecule has 0 aliphatic rings. The quantitative estimate of drug-likeness (QED) is 0.796. The molecule has 1 aromatic rings. The number of hydrogen-bond donors (Lipinski definition) is 0. The number of halogens is 2. The van der Waals surface area contributed by atoms with Gasteiger partial charge in [-0.05, 0) is 24.1 Å². The first kappa shape index (κ1) is 10.9. The third-order valence-electron chi connectivity index (χ3n) is 1.47. The van der Waals surface area contributed by atoms with Crippen molar-refractivity contribution in [3.05, 3.63) is 27.7 Å². The van der Waals surface area contributed by atoms with Crippen LogP contribution in [0.1, 0.15) is 13.8 Å². The van der Waals surface area contributed by atoms with Crippen molar-refractivity contribution >= 4 is 27.5 Å². The van der Waals surface area contributed by atoms with Gasteiger partial charge in [-0.1, -0.05) is 41.4 Å². The summed E-state index contributed by atoms with van der Waals surface area (Å²) in [6.45, 7) is 4.90. The molecule has 0 unspecified atom stereocenters. The minimum Gasteiger partial charge on any atom is -0.492 e. The Morgan fingerprint density at radius 3 is 2.69 bits per heavy atom. The molecule has 1 rings (SSSR count). The van der Waals surface area contributed by atoms with Crippen molar-refractivity contribution in [2.75, 3.05) is 6.61 Å². The van der Waals surface area contributed by atoms with Gasteiger partial charge in [-0.2, -0.15) is 0 Å². The van der Waals surface area contributed by atoms with E-state index in [2.05, 4.69) is 29.8 Å². The summed E-state index contributed by atoms with van der Waals surface area (Å²) in [5.74, 6) is 1.26. The summed E-state index contributed by atoms with van der Waals surface area (Å²) in [5.41, 5.74) is 0. The maximum absolute atomic E-state index is 5.96. The SMILES string of the molecule is CC(C)COc1ccc(Br)cc1Cl. The topological polar surface area (TPSA) is 9.23 Å². The standard InChI is InChI=1S/C10H12BrClO/c1-7(2)6-13-10-4-3-8(11)5-9(10)12/h3-5,7H,6H2,1-2H3. The van der Waals surface area contributed by atoms with Crippen molar-refractivity contribution in [1.29, 1.82) is 0 Å². The molecular formula is C10H12BrClO. The average molecular weight is 264 g/mol. The fourth-order valence-electron chi connectivity index (χ4n) is 0.849. The smallest absolute Gasteiger partial charge is 0.137 e. The molecule has 3 heteroatoms. The van der Waals surface area contributed by atoms with Gasteiger partial charge in [0.1, 0.15) is 5.75 Å². The molecule has 0 aliphatic heterocycles. The zero-order valence-electron chi connectivity index (χ0n) is 7.68. The van der Waals surface area contributed by atoms with Crippen molar-refractivity contribution in [3.63, 3.8) is 0 Å². The molecule has 0 spiro atoms. The third-order valence-corrected chi connectivity index (χ3v) is 2.25.